The zero-order valence-electron chi connectivity index (χ0n) is 11.4. The maximum absolute atomic E-state index is 11.8. The molecule has 0 aliphatic heterocycles. The molecule has 0 bridgehead atoms. The van der Waals surface area contributed by atoms with E-state index < -0.39 is 0 Å². The molecule has 0 aromatic heterocycles. The lowest BCUT2D eigenvalue weighted by Gasteiger charge is -2.27. The predicted octanol–water partition coefficient (Wildman–Crippen LogP) is 3.22. The third kappa shape index (κ3) is 5.52. The number of nitrogens with one attached hydrogen (secondary N) is 2. The molecule has 0 heterocycles. The number of carbonyl (C=O) groups excluding carboxylic acids is 1. The van der Waals surface area contributed by atoms with Crippen molar-refractivity contribution in [2.75, 3.05) is 11.9 Å². The summed E-state index contributed by atoms with van der Waals surface area (Å²) in [5.74, 6) is 0.837. The molecular formula is C15H23ClN2O. The average Bonchev–Trinajstić information content (AvgIpc) is 2.38. The number of hydrogen-bond acceptors (Lipinski definition) is 2. The minimum Gasteiger partial charge on any atom is -0.376 e. The van der Waals surface area contributed by atoms with Crippen molar-refractivity contribution in [3.05, 3.63) is 30.3 Å². The van der Waals surface area contributed by atoms with Crippen LogP contribution in [0.1, 0.15) is 32.6 Å². The van der Waals surface area contributed by atoms with Crippen LogP contribution in [0, 0.1) is 5.92 Å². The van der Waals surface area contributed by atoms with Crippen LogP contribution in [0.4, 0.5) is 5.69 Å². The Morgan fingerprint density at radius 1 is 1.26 bits per heavy atom. The smallest absolute Gasteiger partial charge is 0.239 e. The summed E-state index contributed by atoms with van der Waals surface area (Å²) >= 11 is 0. The molecule has 106 valence electrons. The van der Waals surface area contributed by atoms with Gasteiger partial charge in [0.05, 0.1) is 6.54 Å². The molecule has 0 saturated heterocycles. The third-order valence-electron chi connectivity index (χ3n) is 3.53. The van der Waals surface area contributed by atoms with E-state index in [0.717, 1.165) is 24.4 Å². The highest BCUT2D eigenvalue weighted by molar-refractivity contribution is 5.85. The second kappa shape index (κ2) is 8.05. The molecule has 2 unspecified atom stereocenters. The van der Waals surface area contributed by atoms with Gasteiger partial charge in [-0.05, 0) is 30.9 Å². The van der Waals surface area contributed by atoms with Gasteiger partial charge in [-0.25, -0.2) is 0 Å². The Morgan fingerprint density at radius 2 is 2.00 bits per heavy atom. The predicted molar refractivity (Wildman–Crippen MR) is 81.7 cm³/mol. The summed E-state index contributed by atoms with van der Waals surface area (Å²) in [5.41, 5.74) is 0.990. The number of para-hydroxylation sites is 1. The monoisotopic (exact) mass is 282 g/mol. The van der Waals surface area contributed by atoms with Crippen LogP contribution in [0.25, 0.3) is 0 Å². The molecule has 19 heavy (non-hydrogen) atoms. The zero-order valence-corrected chi connectivity index (χ0v) is 12.2. The molecule has 2 N–H and O–H groups in total. The van der Waals surface area contributed by atoms with Crippen molar-refractivity contribution < 1.29 is 4.79 Å². The Kier molecular flexibility index (Phi) is 6.71. The first-order chi connectivity index (χ1) is 8.74. The van der Waals surface area contributed by atoms with Gasteiger partial charge in [0.25, 0.3) is 0 Å². The van der Waals surface area contributed by atoms with Crippen molar-refractivity contribution in [2.24, 2.45) is 5.92 Å². The molecule has 1 aromatic carbocycles. The van der Waals surface area contributed by atoms with E-state index in [9.17, 15) is 4.79 Å². The lowest BCUT2D eigenvalue weighted by molar-refractivity contribution is -0.120. The van der Waals surface area contributed by atoms with Crippen LogP contribution in [0.3, 0.4) is 0 Å². The molecule has 4 heteroatoms. The summed E-state index contributed by atoms with van der Waals surface area (Å²) in [7, 11) is 0. The molecule has 3 nitrogen and oxygen atoms in total. The number of amides is 1. The lowest BCUT2D eigenvalue weighted by atomic mass is 9.87. The van der Waals surface area contributed by atoms with E-state index in [0.29, 0.717) is 12.6 Å². The fourth-order valence-corrected chi connectivity index (χ4v) is 2.58. The molecule has 0 radical (unpaired) electrons. The molecule has 1 aliphatic rings. The minimum absolute atomic E-state index is 0. The summed E-state index contributed by atoms with van der Waals surface area (Å²) in [6.45, 7) is 2.62. The van der Waals surface area contributed by atoms with E-state index in [1.165, 1.54) is 12.8 Å². The molecule has 2 atom stereocenters. The first-order valence-corrected chi connectivity index (χ1v) is 6.82. The van der Waals surface area contributed by atoms with Gasteiger partial charge in [0.15, 0.2) is 0 Å². The SMILES string of the molecule is CC1CCCC(NC(=O)CNc2ccccc2)C1.Cl. The van der Waals surface area contributed by atoms with Gasteiger partial charge < -0.3 is 10.6 Å². The van der Waals surface area contributed by atoms with E-state index >= 15 is 0 Å². The van der Waals surface area contributed by atoms with Gasteiger partial charge in [-0.3, -0.25) is 4.79 Å². The molecule has 2 rings (SSSR count). The second-order valence-electron chi connectivity index (χ2n) is 5.26. The van der Waals surface area contributed by atoms with Crippen LogP contribution in [0.15, 0.2) is 30.3 Å². The highest BCUT2D eigenvalue weighted by atomic mass is 35.5. The van der Waals surface area contributed by atoms with Crippen LogP contribution in [0.5, 0.6) is 0 Å². The van der Waals surface area contributed by atoms with Crippen LogP contribution < -0.4 is 10.6 Å². The van der Waals surface area contributed by atoms with Gasteiger partial charge in [-0.15, -0.1) is 12.4 Å². The lowest BCUT2D eigenvalue weighted by Crippen LogP contribution is -2.40. The fraction of sp³-hybridized carbons (Fsp3) is 0.533. The topological polar surface area (TPSA) is 41.1 Å². The highest BCUT2D eigenvalue weighted by Crippen LogP contribution is 2.23. The number of hydrogen-bond donors (Lipinski definition) is 2. The summed E-state index contributed by atoms with van der Waals surface area (Å²) in [6, 6.07) is 10.2. The van der Waals surface area contributed by atoms with Gasteiger partial charge in [-0.2, -0.15) is 0 Å². The molecule has 1 amide bonds. The standard InChI is InChI=1S/C15H22N2O.ClH/c1-12-6-5-9-14(10-12)17-15(18)11-16-13-7-3-2-4-8-13;/h2-4,7-8,12,14,16H,5-6,9-11H2,1H3,(H,17,18);1H. The minimum atomic E-state index is 0. The van der Waals surface area contributed by atoms with Gasteiger partial charge in [0.2, 0.25) is 5.91 Å². The molecule has 1 aromatic rings. The highest BCUT2D eigenvalue weighted by Gasteiger charge is 2.19. The first kappa shape index (κ1) is 15.8. The molecule has 1 fully saturated rings. The van der Waals surface area contributed by atoms with Crippen LogP contribution in [-0.4, -0.2) is 18.5 Å². The maximum Gasteiger partial charge on any atom is 0.239 e. The fourth-order valence-electron chi connectivity index (χ4n) is 2.58. The van der Waals surface area contributed by atoms with Crippen LogP contribution >= 0.6 is 12.4 Å². The number of benzene rings is 1. The summed E-state index contributed by atoms with van der Waals surface area (Å²) in [6.07, 6.45) is 4.78. The van der Waals surface area contributed by atoms with Crippen molar-refractivity contribution in [3.8, 4) is 0 Å². The van der Waals surface area contributed by atoms with Gasteiger partial charge in [-0.1, -0.05) is 38.0 Å². The number of halogens is 1. The number of carbonyl (C=O) groups is 1. The zero-order chi connectivity index (χ0) is 12.8. The molecular weight excluding hydrogens is 260 g/mol. The number of rotatable bonds is 4. The Labute approximate surface area is 121 Å². The maximum atomic E-state index is 11.8. The van der Waals surface area contributed by atoms with Crippen LogP contribution in [-0.2, 0) is 4.79 Å². The normalized spacial score (nSPS) is 22.2. The van der Waals surface area contributed by atoms with E-state index in [2.05, 4.69) is 17.6 Å². The van der Waals surface area contributed by atoms with E-state index in [1.807, 2.05) is 30.3 Å². The van der Waals surface area contributed by atoms with Gasteiger partial charge in [0.1, 0.15) is 0 Å². The molecule has 1 aliphatic carbocycles. The van der Waals surface area contributed by atoms with E-state index in [4.69, 9.17) is 0 Å². The third-order valence-corrected chi connectivity index (χ3v) is 3.53. The van der Waals surface area contributed by atoms with Crippen molar-refractivity contribution in [1.82, 2.24) is 5.32 Å². The second-order valence-corrected chi connectivity index (χ2v) is 5.26. The Bertz CT molecular complexity index is 383. The van der Waals surface area contributed by atoms with Crippen molar-refractivity contribution in [3.63, 3.8) is 0 Å². The summed E-state index contributed by atoms with van der Waals surface area (Å²) < 4.78 is 0. The quantitative estimate of drug-likeness (QED) is 0.890. The largest absolute Gasteiger partial charge is 0.376 e. The summed E-state index contributed by atoms with van der Waals surface area (Å²) in [5, 5.41) is 6.25. The van der Waals surface area contributed by atoms with Gasteiger partial charge >= 0.3 is 0 Å². The average molecular weight is 283 g/mol. The molecule has 1 saturated carbocycles. The summed E-state index contributed by atoms with van der Waals surface area (Å²) in [4.78, 5) is 11.8. The van der Waals surface area contributed by atoms with Crippen LogP contribution in [0.2, 0.25) is 0 Å². The Hall–Kier alpha value is -1.22. The Morgan fingerprint density at radius 3 is 2.68 bits per heavy atom. The number of anilines is 1. The van der Waals surface area contributed by atoms with Crippen molar-refractivity contribution in [2.45, 2.75) is 38.6 Å². The van der Waals surface area contributed by atoms with E-state index in [-0.39, 0.29) is 18.3 Å². The van der Waals surface area contributed by atoms with Crippen molar-refractivity contribution in [1.29, 1.82) is 0 Å². The van der Waals surface area contributed by atoms with Gasteiger partial charge in [0, 0.05) is 11.7 Å². The molecule has 0 spiro atoms. The first-order valence-electron chi connectivity index (χ1n) is 6.82. The Balaban J connectivity index is 0.00000180. The van der Waals surface area contributed by atoms with E-state index in [1.54, 1.807) is 0 Å². The van der Waals surface area contributed by atoms with Crippen molar-refractivity contribution >= 4 is 24.0 Å².